The Morgan fingerprint density at radius 1 is 1.19 bits per heavy atom. The van der Waals surface area contributed by atoms with Crippen LogP contribution in [0.25, 0.3) is 16.9 Å². The summed E-state index contributed by atoms with van der Waals surface area (Å²) in [6.07, 6.45) is 0. The van der Waals surface area contributed by atoms with Gasteiger partial charge in [0.15, 0.2) is 0 Å². The highest BCUT2D eigenvalue weighted by Crippen LogP contribution is 2.32. The zero-order valence-corrected chi connectivity index (χ0v) is 16.8. The second kappa shape index (κ2) is 7.54. The third-order valence-electron chi connectivity index (χ3n) is 4.06. The molecule has 0 fully saturated rings. The minimum Gasteiger partial charge on any atom is -0.478 e. The number of halogens is 2. The van der Waals surface area contributed by atoms with Crippen LogP contribution in [0, 0.1) is 6.92 Å². The number of hydrogen-bond donors (Lipinski definition) is 2. The lowest BCUT2D eigenvalue weighted by atomic mass is 10.0. The van der Waals surface area contributed by atoms with Crippen molar-refractivity contribution >= 4 is 39.4 Å². The lowest BCUT2D eigenvalue weighted by Gasteiger charge is -2.16. The summed E-state index contributed by atoms with van der Waals surface area (Å²) in [6, 6.07) is 11.6. The van der Waals surface area contributed by atoms with E-state index in [9.17, 15) is 14.7 Å². The fourth-order valence-corrected chi connectivity index (χ4v) is 3.58. The molecule has 0 radical (unpaired) electrons. The van der Waals surface area contributed by atoms with Crippen molar-refractivity contribution in [1.82, 2.24) is 15.1 Å². The Labute approximate surface area is 168 Å². The number of aromatic carboxylic acids is 1. The molecular formula is C19H15BrClN3O3. The highest BCUT2D eigenvalue weighted by Gasteiger charge is 2.22. The highest BCUT2D eigenvalue weighted by molar-refractivity contribution is 9.10. The summed E-state index contributed by atoms with van der Waals surface area (Å²) in [6.45, 7) is 1.82. The summed E-state index contributed by atoms with van der Waals surface area (Å²) in [7, 11) is 1.53. The summed E-state index contributed by atoms with van der Waals surface area (Å²) in [5.41, 5.74) is 2.76. The Kier molecular flexibility index (Phi) is 5.34. The zero-order chi connectivity index (χ0) is 19.7. The van der Waals surface area contributed by atoms with Crippen LogP contribution in [0.2, 0.25) is 5.02 Å². The van der Waals surface area contributed by atoms with Crippen LogP contribution >= 0.6 is 27.5 Å². The molecule has 8 heteroatoms. The largest absolute Gasteiger partial charge is 0.478 e. The van der Waals surface area contributed by atoms with E-state index < -0.39 is 5.97 Å². The van der Waals surface area contributed by atoms with Crippen LogP contribution in [0.1, 0.15) is 26.3 Å². The van der Waals surface area contributed by atoms with Crippen LogP contribution in [0.3, 0.4) is 0 Å². The van der Waals surface area contributed by atoms with E-state index in [0.29, 0.717) is 32.1 Å². The number of aromatic nitrogens is 2. The molecule has 3 aromatic rings. The van der Waals surface area contributed by atoms with Crippen molar-refractivity contribution < 1.29 is 14.7 Å². The molecule has 0 aliphatic rings. The van der Waals surface area contributed by atoms with E-state index in [-0.39, 0.29) is 11.5 Å². The van der Waals surface area contributed by atoms with Crippen molar-refractivity contribution in [3.8, 4) is 16.9 Å². The average molecular weight is 449 g/mol. The molecule has 0 saturated carbocycles. The van der Waals surface area contributed by atoms with Crippen molar-refractivity contribution in [3.63, 3.8) is 0 Å². The van der Waals surface area contributed by atoms with Crippen LogP contribution in [0.5, 0.6) is 0 Å². The number of hydrogen-bond acceptors (Lipinski definition) is 3. The van der Waals surface area contributed by atoms with Gasteiger partial charge in [-0.2, -0.15) is 5.10 Å². The van der Waals surface area contributed by atoms with Gasteiger partial charge in [-0.25, -0.2) is 9.48 Å². The van der Waals surface area contributed by atoms with Crippen LogP contribution in [0.4, 0.5) is 0 Å². The van der Waals surface area contributed by atoms with E-state index in [0.717, 1.165) is 5.56 Å². The molecule has 27 heavy (non-hydrogen) atoms. The summed E-state index contributed by atoms with van der Waals surface area (Å²) < 4.78 is 2.07. The molecule has 0 atom stereocenters. The molecule has 0 aliphatic heterocycles. The van der Waals surface area contributed by atoms with Crippen molar-refractivity contribution in [2.45, 2.75) is 6.92 Å². The summed E-state index contributed by atoms with van der Waals surface area (Å²) in [5.74, 6) is -1.37. The van der Waals surface area contributed by atoms with Gasteiger partial charge in [-0.3, -0.25) is 4.79 Å². The maximum absolute atomic E-state index is 12.4. The quantitative estimate of drug-likeness (QED) is 0.622. The van der Waals surface area contributed by atoms with Gasteiger partial charge in [0.05, 0.1) is 22.5 Å². The molecular weight excluding hydrogens is 434 g/mol. The monoisotopic (exact) mass is 447 g/mol. The number of amides is 1. The molecule has 0 unspecified atom stereocenters. The number of aryl methyl sites for hydroxylation is 1. The molecule has 6 nitrogen and oxygen atoms in total. The fourth-order valence-electron chi connectivity index (χ4n) is 2.93. The van der Waals surface area contributed by atoms with Gasteiger partial charge in [0.2, 0.25) is 0 Å². The van der Waals surface area contributed by atoms with Gasteiger partial charge in [0, 0.05) is 17.6 Å². The smallest absolute Gasteiger partial charge is 0.336 e. The number of carboxylic acids is 1. The second-order valence-corrected chi connectivity index (χ2v) is 7.06. The first-order chi connectivity index (χ1) is 12.8. The van der Waals surface area contributed by atoms with Crippen molar-refractivity contribution in [2.24, 2.45) is 0 Å². The van der Waals surface area contributed by atoms with E-state index in [1.165, 1.54) is 13.1 Å². The predicted octanol–water partition coefficient (Wildman–Crippen LogP) is 4.32. The van der Waals surface area contributed by atoms with Gasteiger partial charge in [-0.05, 0) is 52.7 Å². The maximum atomic E-state index is 12.4. The first kappa shape index (κ1) is 19.1. The van der Waals surface area contributed by atoms with Crippen molar-refractivity contribution in [2.75, 3.05) is 7.05 Å². The van der Waals surface area contributed by atoms with Gasteiger partial charge < -0.3 is 10.4 Å². The van der Waals surface area contributed by atoms with Gasteiger partial charge in [0.25, 0.3) is 5.91 Å². The number of carbonyl (C=O) groups excluding carboxylic acids is 1. The normalized spacial score (nSPS) is 10.7. The highest BCUT2D eigenvalue weighted by atomic mass is 79.9. The molecule has 1 aromatic heterocycles. The third kappa shape index (κ3) is 3.61. The Hall–Kier alpha value is -2.64. The van der Waals surface area contributed by atoms with Crippen LogP contribution < -0.4 is 5.32 Å². The molecule has 3 rings (SSSR count). The Balaban J connectivity index is 2.35. The number of rotatable bonds is 4. The van der Waals surface area contributed by atoms with Gasteiger partial charge >= 0.3 is 5.97 Å². The molecule has 0 aliphatic carbocycles. The first-order valence-corrected chi connectivity index (χ1v) is 9.11. The van der Waals surface area contributed by atoms with Crippen molar-refractivity contribution in [3.05, 3.63) is 68.8 Å². The fraction of sp³-hybridized carbons (Fsp3) is 0.105. The van der Waals surface area contributed by atoms with Crippen molar-refractivity contribution in [1.29, 1.82) is 0 Å². The Morgan fingerprint density at radius 2 is 1.89 bits per heavy atom. The van der Waals surface area contributed by atoms with Gasteiger partial charge in [0.1, 0.15) is 4.60 Å². The molecule has 1 amide bonds. The topological polar surface area (TPSA) is 84.2 Å². The molecule has 138 valence electrons. The van der Waals surface area contributed by atoms with Crippen LogP contribution in [0.15, 0.2) is 47.1 Å². The van der Waals surface area contributed by atoms with Gasteiger partial charge in [-0.15, -0.1) is 0 Å². The third-order valence-corrected chi connectivity index (χ3v) is 4.67. The lowest BCUT2D eigenvalue weighted by Crippen LogP contribution is -2.21. The predicted molar refractivity (Wildman–Crippen MR) is 107 cm³/mol. The standard InChI is InChI=1S/C19H15BrClN3O3/c1-10-7-11(21)8-14(18(25)22-2)17(10)24-15(9-16(20)23-24)12-5-3-4-6-13(12)19(26)27/h3-9H,1-2H3,(H,22,25)(H,26,27). The van der Waals surface area contributed by atoms with E-state index >= 15 is 0 Å². The van der Waals surface area contributed by atoms with E-state index in [1.54, 1.807) is 41.1 Å². The average Bonchev–Trinajstić information content (AvgIpc) is 3.01. The lowest BCUT2D eigenvalue weighted by molar-refractivity contribution is 0.0697. The molecule has 1 heterocycles. The molecule has 0 bridgehead atoms. The van der Waals surface area contributed by atoms with Crippen LogP contribution in [-0.4, -0.2) is 33.8 Å². The second-order valence-electron chi connectivity index (χ2n) is 5.81. The first-order valence-electron chi connectivity index (χ1n) is 7.94. The summed E-state index contributed by atoms with van der Waals surface area (Å²) >= 11 is 9.49. The number of benzene rings is 2. The number of carbonyl (C=O) groups is 2. The molecule has 0 saturated heterocycles. The maximum Gasteiger partial charge on any atom is 0.336 e. The van der Waals surface area contributed by atoms with E-state index in [4.69, 9.17) is 11.6 Å². The summed E-state index contributed by atoms with van der Waals surface area (Å²) in [5, 5.41) is 17.0. The molecule has 0 spiro atoms. The minimum atomic E-state index is -1.05. The number of nitrogens with one attached hydrogen (secondary N) is 1. The molecule has 2 N–H and O–H groups in total. The Bertz CT molecular complexity index is 1060. The van der Waals surface area contributed by atoms with Crippen LogP contribution in [-0.2, 0) is 0 Å². The molecule has 2 aromatic carbocycles. The van der Waals surface area contributed by atoms with E-state index in [1.807, 2.05) is 6.92 Å². The summed E-state index contributed by atoms with van der Waals surface area (Å²) in [4.78, 5) is 24.1. The van der Waals surface area contributed by atoms with Gasteiger partial charge in [-0.1, -0.05) is 29.8 Å². The Morgan fingerprint density at radius 3 is 2.56 bits per heavy atom. The minimum absolute atomic E-state index is 0.138. The number of carboxylic acid groups (broad SMARTS) is 1. The zero-order valence-electron chi connectivity index (χ0n) is 14.5. The SMILES string of the molecule is CNC(=O)c1cc(Cl)cc(C)c1-n1nc(Br)cc1-c1ccccc1C(=O)O. The van der Waals surface area contributed by atoms with E-state index in [2.05, 4.69) is 26.3 Å². The number of nitrogens with zero attached hydrogens (tertiary/aromatic N) is 2.